The van der Waals surface area contributed by atoms with Gasteiger partial charge in [-0.15, -0.1) is 0 Å². The second-order valence-electron chi connectivity index (χ2n) is 0.821. The van der Waals surface area contributed by atoms with Crippen molar-refractivity contribution in [3.8, 4) is 0 Å². The zero-order valence-corrected chi connectivity index (χ0v) is 6.49. The van der Waals surface area contributed by atoms with Crippen LogP contribution in [0.15, 0.2) is 9.47 Å². The first-order valence-corrected chi connectivity index (χ1v) is 3.15. The molecule has 0 saturated heterocycles. The van der Waals surface area contributed by atoms with Gasteiger partial charge in [0.05, 0.1) is 4.48 Å². The second kappa shape index (κ2) is 3.21. The first-order chi connectivity index (χ1) is 3.18. The summed E-state index contributed by atoms with van der Waals surface area (Å²) >= 11 is 5.79. The normalized spacial score (nSPS) is 11.4. The highest BCUT2D eigenvalue weighted by Crippen LogP contribution is 2.04. The molecule has 2 N–H and O–H groups in total. The largest absolute Gasteiger partial charge is 0.365 e. The van der Waals surface area contributed by atoms with Gasteiger partial charge in [0.25, 0.3) is 5.91 Å². The molecule has 0 unspecified atom stereocenters. The Kier molecular flexibility index (Phi) is 3.29. The Hall–Kier alpha value is 0.170. The van der Waals surface area contributed by atoms with Crippen LogP contribution in [0.4, 0.5) is 0 Å². The Bertz CT molecular complexity index is 110. The minimum atomic E-state index is -0.475. The lowest BCUT2D eigenvalue weighted by molar-refractivity contribution is -0.113. The van der Waals surface area contributed by atoms with E-state index in [1.54, 1.807) is 0 Å². The summed E-state index contributed by atoms with van der Waals surface area (Å²) in [5.41, 5.74) is 4.76. The lowest BCUT2D eigenvalue weighted by atomic mass is 11.6. The first kappa shape index (κ1) is 7.17. The average Bonchev–Trinajstić information content (AvgIpc) is 1.65. The standard InChI is InChI=1S/C3H3Br2NO/c4-1-2(5)3(6)7/h1H,(H2,6,7)/i1+1,2+1,3+1. The summed E-state index contributed by atoms with van der Waals surface area (Å²) < 4.78 is 0.340. The summed E-state index contributed by atoms with van der Waals surface area (Å²) in [7, 11) is 0. The van der Waals surface area contributed by atoms with Crippen molar-refractivity contribution in [2.45, 2.75) is 0 Å². The molecule has 40 valence electrons. The van der Waals surface area contributed by atoms with E-state index >= 15 is 0 Å². The van der Waals surface area contributed by atoms with Gasteiger partial charge in [-0.2, -0.15) is 0 Å². The number of rotatable bonds is 1. The van der Waals surface area contributed by atoms with Crippen LogP contribution in [0.2, 0.25) is 0 Å². The van der Waals surface area contributed by atoms with Gasteiger partial charge in [-0.05, 0) is 15.9 Å². The van der Waals surface area contributed by atoms with Crippen LogP contribution in [0.1, 0.15) is 0 Å². The fourth-order valence-electron chi connectivity index (χ4n) is 0.0538. The molecule has 0 heterocycles. The van der Waals surface area contributed by atoms with Gasteiger partial charge in [-0.1, -0.05) is 15.9 Å². The van der Waals surface area contributed by atoms with E-state index in [-0.39, 0.29) is 0 Å². The third-order valence-electron chi connectivity index (χ3n) is 0.331. The maximum atomic E-state index is 10.0. The van der Waals surface area contributed by atoms with Crippen LogP contribution >= 0.6 is 31.9 Å². The molecule has 0 aromatic rings. The smallest absolute Gasteiger partial charge is 0.256 e. The summed E-state index contributed by atoms with van der Waals surface area (Å²) in [5.74, 6) is -0.475. The van der Waals surface area contributed by atoms with Crippen molar-refractivity contribution in [2.24, 2.45) is 5.73 Å². The van der Waals surface area contributed by atoms with Gasteiger partial charge in [-0.3, -0.25) is 4.79 Å². The molecule has 0 rings (SSSR count). The Morgan fingerprint density at radius 3 is 2.14 bits per heavy atom. The van der Waals surface area contributed by atoms with Crippen LogP contribution in [0.3, 0.4) is 0 Å². The molecular formula is C3H3Br2NO. The summed E-state index contributed by atoms with van der Waals surface area (Å²) in [6.07, 6.45) is 0. The first-order valence-electron chi connectivity index (χ1n) is 1.44. The maximum absolute atomic E-state index is 10.0. The van der Waals surface area contributed by atoms with Gasteiger partial charge in [-0.25, -0.2) is 0 Å². The molecule has 0 aliphatic rings. The molecule has 0 aromatic heterocycles. The molecule has 4 heteroatoms. The van der Waals surface area contributed by atoms with Gasteiger partial charge < -0.3 is 5.73 Å². The van der Waals surface area contributed by atoms with Crippen LogP contribution in [0.5, 0.6) is 0 Å². The topological polar surface area (TPSA) is 43.1 Å². The zero-order chi connectivity index (χ0) is 5.86. The highest BCUT2D eigenvalue weighted by Gasteiger charge is 1.93. The number of primary amides is 1. The lowest BCUT2D eigenvalue weighted by Crippen LogP contribution is -2.08. The van der Waals surface area contributed by atoms with Crippen molar-refractivity contribution in [2.75, 3.05) is 0 Å². The number of hydrogen-bond donors (Lipinski definition) is 1. The molecule has 2 nitrogen and oxygen atoms in total. The van der Waals surface area contributed by atoms with Gasteiger partial charge in [0.1, 0.15) is 0 Å². The minimum absolute atomic E-state index is 0.340. The van der Waals surface area contributed by atoms with Crippen molar-refractivity contribution in [1.82, 2.24) is 0 Å². The molecule has 0 saturated carbocycles. The highest BCUT2D eigenvalue weighted by atomic mass is 79.9. The molecule has 0 fully saturated rings. The monoisotopic (exact) mass is 230 g/mol. The summed E-state index contributed by atoms with van der Waals surface area (Å²) in [5, 5.41) is 0. The summed E-state index contributed by atoms with van der Waals surface area (Å²) in [4.78, 5) is 11.4. The molecule has 1 amide bonds. The minimum Gasteiger partial charge on any atom is -0.365 e. The fraction of sp³-hybridized carbons (Fsp3) is 0. The molecule has 0 atom stereocenters. The van der Waals surface area contributed by atoms with Crippen molar-refractivity contribution in [1.29, 1.82) is 0 Å². The Morgan fingerprint density at radius 1 is 1.71 bits per heavy atom. The Labute approximate surface area is 58.0 Å². The highest BCUT2D eigenvalue weighted by molar-refractivity contribution is 9.14. The Balaban J connectivity index is 3.82. The van der Waals surface area contributed by atoms with Gasteiger partial charge in [0, 0.05) is 4.99 Å². The molecule has 0 aliphatic heterocycles. The lowest BCUT2D eigenvalue weighted by Gasteiger charge is -1.82. The molecule has 7 heavy (non-hydrogen) atoms. The number of halogens is 2. The third kappa shape index (κ3) is 2.82. The van der Waals surface area contributed by atoms with Crippen LogP contribution in [0.25, 0.3) is 0 Å². The molecule has 0 aliphatic carbocycles. The fourth-order valence-corrected chi connectivity index (χ4v) is 0.279. The van der Waals surface area contributed by atoms with Crippen molar-refractivity contribution >= 4 is 37.8 Å². The number of carbonyl (C=O) groups is 1. The predicted octanol–water partition coefficient (Wildman–Crippen LogP) is 1.10. The van der Waals surface area contributed by atoms with E-state index in [1.165, 1.54) is 4.99 Å². The van der Waals surface area contributed by atoms with E-state index in [0.29, 0.717) is 4.48 Å². The maximum Gasteiger partial charge on any atom is 0.256 e. The molecule has 0 spiro atoms. The molecular weight excluding hydrogens is 229 g/mol. The van der Waals surface area contributed by atoms with Crippen LogP contribution < -0.4 is 5.73 Å². The number of amides is 1. The van der Waals surface area contributed by atoms with Crippen molar-refractivity contribution < 1.29 is 4.79 Å². The number of carbonyl (C=O) groups excluding carboxylic acids is 1. The SMILES string of the molecule is N[13C](=O)[13C](Br)=[13CH]Br. The van der Waals surface area contributed by atoms with Crippen LogP contribution in [0, 0.1) is 0 Å². The van der Waals surface area contributed by atoms with Crippen LogP contribution in [-0.2, 0) is 4.79 Å². The van der Waals surface area contributed by atoms with E-state index in [4.69, 9.17) is 5.73 Å². The van der Waals surface area contributed by atoms with Gasteiger partial charge in [0.15, 0.2) is 0 Å². The quantitative estimate of drug-likeness (QED) is 0.533. The van der Waals surface area contributed by atoms with Gasteiger partial charge in [0.2, 0.25) is 0 Å². The number of nitrogens with two attached hydrogens (primary N) is 1. The van der Waals surface area contributed by atoms with Crippen molar-refractivity contribution in [3.63, 3.8) is 0 Å². The van der Waals surface area contributed by atoms with E-state index in [9.17, 15) is 4.79 Å². The van der Waals surface area contributed by atoms with E-state index in [1.807, 2.05) is 0 Å². The predicted molar refractivity (Wildman–Crippen MR) is 35.1 cm³/mol. The second-order valence-corrected chi connectivity index (χ2v) is 2.13. The summed E-state index contributed by atoms with van der Waals surface area (Å²) in [6, 6.07) is 0. The molecule has 0 radical (unpaired) electrons. The van der Waals surface area contributed by atoms with E-state index < -0.39 is 5.91 Å². The zero-order valence-electron chi connectivity index (χ0n) is 3.32. The average molecular weight is 232 g/mol. The molecule has 0 bridgehead atoms. The van der Waals surface area contributed by atoms with Crippen molar-refractivity contribution in [3.05, 3.63) is 9.47 Å². The number of hydrogen-bond acceptors (Lipinski definition) is 1. The van der Waals surface area contributed by atoms with E-state index in [0.717, 1.165) is 0 Å². The summed E-state index contributed by atoms with van der Waals surface area (Å²) in [6.45, 7) is 0. The third-order valence-corrected chi connectivity index (χ3v) is 2.02. The van der Waals surface area contributed by atoms with E-state index in [2.05, 4.69) is 31.9 Å². The van der Waals surface area contributed by atoms with Gasteiger partial charge >= 0.3 is 0 Å². The van der Waals surface area contributed by atoms with Crippen LogP contribution in [-0.4, -0.2) is 5.91 Å². The Morgan fingerprint density at radius 2 is 2.14 bits per heavy atom. The molecule has 0 aromatic carbocycles.